The van der Waals surface area contributed by atoms with Crippen molar-refractivity contribution in [1.29, 1.82) is 0 Å². The third kappa shape index (κ3) is 3.50. The Hall–Kier alpha value is -2.96. The van der Waals surface area contributed by atoms with E-state index in [1.807, 2.05) is 0 Å². The summed E-state index contributed by atoms with van der Waals surface area (Å²) >= 11 is 0. The van der Waals surface area contributed by atoms with E-state index in [0.717, 1.165) is 0 Å². The van der Waals surface area contributed by atoms with E-state index in [-0.39, 0.29) is 5.56 Å². The lowest BCUT2D eigenvalue weighted by Crippen LogP contribution is -2.19. The summed E-state index contributed by atoms with van der Waals surface area (Å²) in [5.74, 6) is -1.02. The molecule has 0 bridgehead atoms. The summed E-state index contributed by atoms with van der Waals surface area (Å²) in [4.78, 5) is 29.8. The molecule has 0 aliphatic rings. The van der Waals surface area contributed by atoms with Gasteiger partial charge in [-0.2, -0.15) is 0 Å². The van der Waals surface area contributed by atoms with Crippen molar-refractivity contribution in [2.75, 3.05) is 10.6 Å². The predicted octanol–water partition coefficient (Wildman–Crippen LogP) is 1.82. The standard InChI is InChI=1S/C12H10N4O3/c17-11(18)8-1-3-9(4-2-8)15-12(19)16-10-5-13-7-14-6-10/h1-7H,(H,17,18)(H2,15,16,19). The molecule has 0 aliphatic carbocycles. The number of carbonyl (C=O) groups is 2. The summed E-state index contributed by atoms with van der Waals surface area (Å²) in [5, 5.41) is 13.8. The highest BCUT2D eigenvalue weighted by atomic mass is 16.4. The minimum absolute atomic E-state index is 0.155. The number of amides is 2. The van der Waals surface area contributed by atoms with E-state index in [9.17, 15) is 9.59 Å². The monoisotopic (exact) mass is 258 g/mol. The first-order valence-electron chi connectivity index (χ1n) is 5.31. The van der Waals surface area contributed by atoms with Gasteiger partial charge in [-0.25, -0.2) is 19.6 Å². The van der Waals surface area contributed by atoms with Crippen LogP contribution in [0.3, 0.4) is 0 Å². The van der Waals surface area contributed by atoms with Gasteiger partial charge >= 0.3 is 12.0 Å². The molecule has 19 heavy (non-hydrogen) atoms. The van der Waals surface area contributed by atoms with Crippen LogP contribution < -0.4 is 10.6 Å². The third-order valence-electron chi connectivity index (χ3n) is 2.21. The van der Waals surface area contributed by atoms with E-state index in [4.69, 9.17) is 5.11 Å². The smallest absolute Gasteiger partial charge is 0.335 e. The molecule has 0 aliphatic heterocycles. The number of nitrogens with zero attached hydrogens (tertiary/aromatic N) is 2. The molecule has 0 spiro atoms. The molecule has 2 amide bonds. The van der Waals surface area contributed by atoms with Crippen molar-refractivity contribution in [1.82, 2.24) is 9.97 Å². The van der Waals surface area contributed by atoms with Crippen LogP contribution in [0.5, 0.6) is 0 Å². The zero-order valence-corrected chi connectivity index (χ0v) is 9.70. The first kappa shape index (κ1) is 12.5. The second kappa shape index (κ2) is 5.58. The van der Waals surface area contributed by atoms with Crippen molar-refractivity contribution in [2.24, 2.45) is 0 Å². The van der Waals surface area contributed by atoms with E-state index >= 15 is 0 Å². The highest BCUT2D eigenvalue weighted by molar-refractivity contribution is 5.99. The predicted molar refractivity (Wildman–Crippen MR) is 68.1 cm³/mol. The molecule has 0 unspecified atom stereocenters. The number of benzene rings is 1. The summed E-state index contributed by atoms with van der Waals surface area (Å²) in [6.07, 6.45) is 4.27. The number of anilines is 2. The van der Waals surface area contributed by atoms with E-state index in [1.165, 1.54) is 43.0 Å². The van der Waals surface area contributed by atoms with Gasteiger partial charge in [-0.1, -0.05) is 0 Å². The molecule has 0 fully saturated rings. The summed E-state index contributed by atoms with van der Waals surface area (Å²) in [5.41, 5.74) is 1.10. The average molecular weight is 258 g/mol. The highest BCUT2D eigenvalue weighted by Crippen LogP contribution is 2.10. The first-order chi connectivity index (χ1) is 9.15. The molecule has 2 aromatic rings. The minimum Gasteiger partial charge on any atom is -0.478 e. The van der Waals surface area contributed by atoms with Gasteiger partial charge < -0.3 is 15.7 Å². The maximum Gasteiger partial charge on any atom is 0.335 e. The molecule has 96 valence electrons. The summed E-state index contributed by atoms with van der Waals surface area (Å²) in [6.45, 7) is 0. The van der Waals surface area contributed by atoms with E-state index in [1.54, 1.807) is 0 Å². The number of urea groups is 1. The summed E-state index contributed by atoms with van der Waals surface area (Å²) < 4.78 is 0. The maximum absolute atomic E-state index is 11.6. The minimum atomic E-state index is -1.02. The van der Waals surface area contributed by atoms with Crippen LogP contribution in [0, 0.1) is 0 Å². The number of aromatic carboxylic acids is 1. The third-order valence-corrected chi connectivity index (χ3v) is 2.21. The molecular formula is C12H10N4O3. The van der Waals surface area contributed by atoms with Gasteiger partial charge in [-0.15, -0.1) is 0 Å². The quantitative estimate of drug-likeness (QED) is 0.778. The number of rotatable bonds is 3. The van der Waals surface area contributed by atoms with Crippen molar-refractivity contribution >= 4 is 23.4 Å². The van der Waals surface area contributed by atoms with E-state index in [2.05, 4.69) is 20.6 Å². The Morgan fingerprint density at radius 2 is 1.53 bits per heavy atom. The Kier molecular flexibility index (Phi) is 3.67. The van der Waals surface area contributed by atoms with Crippen molar-refractivity contribution in [3.63, 3.8) is 0 Å². The number of carboxylic acid groups (broad SMARTS) is 1. The molecular weight excluding hydrogens is 248 g/mol. The number of carboxylic acids is 1. The number of carbonyl (C=O) groups excluding carboxylic acids is 1. The lowest BCUT2D eigenvalue weighted by atomic mass is 10.2. The van der Waals surface area contributed by atoms with Gasteiger partial charge in [-0.05, 0) is 24.3 Å². The van der Waals surface area contributed by atoms with Crippen LogP contribution >= 0.6 is 0 Å². The first-order valence-corrected chi connectivity index (χ1v) is 5.31. The largest absolute Gasteiger partial charge is 0.478 e. The Balaban J connectivity index is 1.97. The van der Waals surface area contributed by atoms with Crippen molar-refractivity contribution in [3.8, 4) is 0 Å². The number of hydrogen-bond donors (Lipinski definition) is 3. The zero-order chi connectivity index (χ0) is 13.7. The van der Waals surface area contributed by atoms with Crippen molar-refractivity contribution in [2.45, 2.75) is 0 Å². The Morgan fingerprint density at radius 1 is 0.947 bits per heavy atom. The number of nitrogens with one attached hydrogen (secondary N) is 2. The molecule has 1 aromatic carbocycles. The zero-order valence-electron chi connectivity index (χ0n) is 9.70. The lowest BCUT2D eigenvalue weighted by molar-refractivity contribution is 0.0697. The molecule has 7 nitrogen and oxygen atoms in total. The Morgan fingerprint density at radius 3 is 2.11 bits per heavy atom. The van der Waals surface area contributed by atoms with Gasteiger partial charge in [0.25, 0.3) is 0 Å². The summed E-state index contributed by atoms with van der Waals surface area (Å²) in [6, 6.07) is 5.36. The van der Waals surface area contributed by atoms with Gasteiger partial charge in [0.15, 0.2) is 0 Å². The second-order valence-corrected chi connectivity index (χ2v) is 3.59. The molecule has 1 heterocycles. The fraction of sp³-hybridized carbons (Fsp3) is 0. The van der Waals surface area contributed by atoms with E-state index in [0.29, 0.717) is 11.4 Å². The van der Waals surface area contributed by atoms with E-state index < -0.39 is 12.0 Å². The molecule has 2 rings (SSSR count). The van der Waals surface area contributed by atoms with Crippen molar-refractivity contribution in [3.05, 3.63) is 48.5 Å². The van der Waals surface area contributed by atoms with Gasteiger partial charge in [0.1, 0.15) is 6.33 Å². The molecule has 0 saturated carbocycles. The SMILES string of the molecule is O=C(Nc1ccc(C(=O)O)cc1)Nc1cncnc1. The van der Waals surface area contributed by atoms with Crippen LogP contribution in [-0.2, 0) is 0 Å². The molecule has 1 aromatic heterocycles. The highest BCUT2D eigenvalue weighted by Gasteiger charge is 2.05. The van der Waals surface area contributed by atoms with Gasteiger partial charge in [0, 0.05) is 5.69 Å². The topological polar surface area (TPSA) is 104 Å². The van der Waals surface area contributed by atoms with Gasteiger partial charge in [0.2, 0.25) is 0 Å². The Labute approximate surface area is 108 Å². The molecule has 0 radical (unpaired) electrons. The van der Waals surface area contributed by atoms with Crippen LogP contribution in [0.25, 0.3) is 0 Å². The van der Waals surface area contributed by atoms with Crippen molar-refractivity contribution < 1.29 is 14.7 Å². The fourth-order valence-electron chi connectivity index (χ4n) is 1.35. The second-order valence-electron chi connectivity index (χ2n) is 3.59. The van der Waals surface area contributed by atoms with Crippen LogP contribution in [0.2, 0.25) is 0 Å². The van der Waals surface area contributed by atoms with Crippen LogP contribution in [0.4, 0.5) is 16.2 Å². The average Bonchev–Trinajstić information content (AvgIpc) is 2.40. The van der Waals surface area contributed by atoms with Crippen LogP contribution in [0.15, 0.2) is 43.0 Å². The number of aromatic nitrogens is 2. The number of hydrogen-bond acceptors (Lipinski definition) is 4. The fourth-order valence-corrected chi connectivity index (χ4v) is 1.35. The molecule has 3 N–H and O–H groups in total. The van der Waals surface area contributed by atoms with Crippen LogP contribution in [-0.4, -0.2) is 27.1 Å². The maximum atomic E-state index is 11.6. The molecule has 7 heteroatoms. The Bertz CT molecular complexity index is 584. The summed E-state index contributed by atoms with van der Waals surface area (Å²) in [7, 11) is 0. The molecule has 0 atom stereocenters. The van der Waals surface area contributed by atoms with Gasteiger partial charge in [-0.3, -0.25) is 0 Å². The lowest BCUT2D eigenvalue weighted by Gasteiger charge is -2.06. The van der Waals surface area contributed by atoms with Gasteiger partial charge in [0.05, 0.1) is 23.6 Å². The van der Waals surface area contributed by atoms with Crippen LogP contribution in [0.1, 0.15) is 10.4 Å². The normalized spacial score (nSPS) is 9.68. The molecule has 0 saturated heterocycles.